The van der Waals surface area contributed by atoms with Gasteiger partial charge in [-0.05, 0) is 31.0 Å². The highest BCUT2D eigenvalue weighted by atomic mass is 79.9. The molecule has 1 fully saturated rings. The Morgan fingerprint density at radius 2 is 1.81 bits per heavy atom. The summed E-state index contributed by atoms with van der Waals surface area (Å²) in [6.07, 6.45) is 2.61. The molecule has 1 aliphatic heterocycles. The molecule has 0 aromatic heterocycles. The zero-order chi connectivity index (χ0) is 15.2. The van der Waals surface area contributed by atoms with E-state index in [-0.39, 0.29) is 0 Å². The Bertz CT molecular complexity index is 440. The van der Waals surface area contributed by atoms with Crippen LogP contribution in [0.2, 0.25) is 0 Å². The maximum Gasteiger partial charge on any atom is 0.127 e. The quantitative estimate of drug-likeness (QED) is 0.775. The molecule has 1 heterocycles. The number of halogens is 1. The Morgan fingerprint density at radius 1 is 1.14 bits per heavy atom. The third-order valence-electron chi connectivity index (χ3n) is 4.85. The average molecular weight is 357 g/mol. The van der Waals surface area contributed by atoms with Crippen molar-refractivity contribution in [2.75, 3.05) is 33.3 Å². The second-order valence-electron chi connectivity index (χ2n) is 6.05. The van der Waals surface area contributed by atoms with Gasteiger partial charge < -0.3 is 14.5 Å². The van der Waals surface area contributed by atoms with Crippen LogP contribution < -0.4 is 14.5 Å². The summed E-state index contributed by atoms with van der Waals surface area (Å²) in [6, 6.07) is 7.16. The lowest BCUT2D eigenvalue weighted by molar-refractivity contribution is -1.03. The van der Waals surface area contributed by atoms with Gasteiger partial charge in [0.2, 0.25) is 0 Å². The lowest BCUT2D eigenvalue weighted by Gasteiger charge is -2.34. The van der Waals surface area contributed by atoms with Crippen LogP contribution in [0.1, 0.15) is 32.3 Å². The molecule has 0 spiro atoms. The second-order valence-corrected chi connectivity index (χ2v) is 6.97. The van der Waals surface area contributed by atoms with Crippen LogP contribution >= 0.6 is 15.9 Å². The molecule has 0 atom stereocenters. The van der Waals surface area contributed by atoms with Crippen LogP contribution in [0.3, 0.4) is 0 Å². The van der Waals surface area contributed by atoms with Crippen molar-refractivity contribution in [2.24, 2.45) is 0 Å². The first-order valence-electron chi connectivity index (χ1n) is 8.18. The van der Waals surface area contributed by atoms with Gasteiger partial charge >= 0.3 is 0 Å². The van der Waals surface area contributed by atoms with E-state index in [1.54, 1.807) is 12.0 Å². The number of rotatable bonds is 6. The van der Waals surface area contributed by atoms with Crippen molar-refractivity contribution >= 4 is 15.9 Å². The number of methoxy groups -OCH3 is 1. The number of piperazine rings is 1. The number of hydrogen-bond donors (Lipinski definition) is 2. The standard InChI is InChI=1S/C17H27BrN2O/c1-4-16(5-2)20-10-8-19(9-11-20)13-14-12-15(18)6-7-17(14)21-3/h6-7,12,16H,4-5,8-11,13H2,1-3H3/p+2. The highest BCUT2D eigenvalue weighted by Crippen LogP contribution is 2.22. The third kappa shape index (κ3) is 4.44. The highest BCUT2D eigenvalue weighted by Gasteiger charge is 2.27. The van der Waals surface area contributed by atoms with E-state index in [9.17, 15) is 0 Å². The fourth-order valence-corrected chi connectivity index (χ4v) is 3.94. The lowest BCUT2D eigenvalue weighted by Crippen LogP contribution is -3.29. The summed E-state index contributed by atoms with van der Waals surface area (Å²) in [5, 5.41) is 0. The Hall–Kier alpha value is -0.580. The molecule has 0 saturated carbocycles. The lowest BCUT2D eigenvalue weighted by atomic mass is 10.1. The fraction of sp³-hybridized carbons (Fsp3) is 0.647. The molecule has 1 saturated heterocycles. The Balaban J connectivity index is 1.93. The topological polar surface area (TPSA) is 18.1 Å². The van der Waals surface area contributed by atoms with E-state index in [1.165, 1.54) is 44.6 Å². The van der Waals surface area contributed by atoms with Gasteiger partial charge in [-0.3, -0.25) is 0 Å². The number of nitrogens with one attached hydrogen (secondary N) is 2. The molecular weight excluding hydrogens is 328 g/mol. The van der Waals surface area contributed by atoms with E-state index in [2.05, 4.69) is 41.9 Å². The van der Waals surface area contributed by atoms with Crippen LogP contribution in [-0.4, -0.2) is 39.3 Å². The van der Waals surface area contributed by atoms with E-state index >= 15 is 0 Å². The van der Waals surface area contributed by atoms with Crippen molar-refractivity contribution in [2.45, 2.75) is 39.3 Å². The summed E-state index contributed by atoms with van der Waals surface area (Å²) >= 11 is 3.57. The average Bonchev–Trinajstić information content (AvgIpc) is 2.50. The number of benzene rings is 1. The summed E-state index contributed by atoms with van der Waals surface area (Å²) < 4.78 is 6.63. The van der Waals surface area contributed by atoms with Gasteiger partial charge in [0.1, 0.15) is 38.5 Å². The van der Waals surface area contributed by atoms with Gasteiger partial charge in [-0.1, -0.05) is 29.8 Å². The Labute approximate surface area is 137 Å². The smallest absolute Gasteiger partial charge is 0.127 e. The Kier molecular flexibility index (Phi) is 6.52. The SMILES string of the molecule is CCC(CC)[NH+]1CC[NH+](Cc2cc(Br)ccc2OC)CC1. The number of hydrogen-bond acceptors (Lipinski definition) is 1. The summed E-state index contributed by atoms with van der Waals surface area (Å²) in [5.74, 6) is 1.01. The molecule has 2 rings (SSSR count). The third-order valence-corrected chi connectivity index (χ3v) is 5.34. The maximum absolute atomic E-state index is 5.50. The van der Waals surface area contributed by atoms with Crippen molar-refractivity contribution in [3.05, 3.63) is 28.2 Å². The zero-order valence-electron chi connectivity index (χ0n) is 13.5. The van der Waals surface area contributed by atoms with Crippen molar-refractivity contribution in [1.29, 1.82) is 0 Å². The molecule has 1 aliphatic rings. The molecule has 0 aliphatic carbocycles. The predicted molar refractivity (Wildman–Crippen MR) is 90.2 cm³/mol. The number of ether oxygens (including phenoxy) is 1. The monoisotopic (exact) mass is 356 g/mol. The minimum absolute atomic E-state index is 0.854. The largest absolute Gasteiger partial charge is 0.496 e. The van der Waals surface area contributed by atoms with Crippen molar-refractivity contribution in [1.82, 2.24) is 0 Å². The van der Waals surface area contributed by atoms with Gasteiger partial charge in [0, 0.05) is 10.0 Å². The summed E-state index contributed by atoms with van der Waals surface area (Å²) in [5.41, 5.74) is 1.31. The number of quaternary nitrogens is 2. The highest BCUT2D eigenvalue weighted by molar-refractivity contribution is 9.10. The molecule has 4 heteroatoms. The van der Waals surface area contributed by atoms with Gasteiger partial charge in [0.05, 0.1) is 13.2 Å². The molecule has 0 unspecified atom stereocenters. The zero-order valence-corrected chi connectivity index (χ0v) is 15.1. The van der Waals surface area contributed by atoms with E-state index < -0.39 is 0 Å². The molecule has 1 aromatic rings. The molecule has 21 heavy (non-hydrogen) atoms. The first-order valence-corrected chi connectivity index (χ1v) is 8.97. The molecular formula is C17H29BrN2O+2. The second kappa shape index (κ2) is 8.16. The van der Waals surface area contributed by atoms with Gasteiger partial charge in [-0.25, -0.2) is 0 Å². The van der Waals surface area contributed by atoms with E-state index in [0.717, 1.165) is 22.8 Å². The van der Waals surface area contributed by atoms with E-state index in [0.29, 0.717) is 0 Å². The van der Waals surface area contributed by atoms with Gasteiger partial charge in [-0.2, -0.15) is 0 Å². The van der Waals surface area contributed by atoms with Gasteiger partial charge in [0.25, 0.3) is 0 Å². The van der Waals surface area contributed by atoms with Crippen LogP contribution in [0.5, 0.6) is 5.75 Å². The molecule has 118 valence electrons. The molecule has 2 N–H and O–H groups in total. The van der Waals surface area contributed by atoms with Crippen molar-refractivity contribution < 1.29 is 14.5 Å². The van der Waals surface area contributed by atoms with Gasteiger partial charge in [0.15, 0.2) is 0 Å². The van der Waals surface area contributed by atoms with Gasteiger partial charge in [-0.15, -0.1) is 0 Å². The summed E-state index contributed by atoms with van der Waals surface area (Å²) in [7, 11) is 1.76. The van der Waals surface area contributed by atoms with Crippen molar-refractivity contribution in [3.8, 4) is 5.75 Å². The molecule has 3 nitrogen and oxygen atoms in total. The fourth-order valence-electron chi connectivity index (χ4n) is 3.53. The summed E-state index contributed by atoms with van der Waals surface area (Å²) in [4.78, 5) is 3.49. The van der Waals surface area contributed by atoms with Crippen LogP contribution in [0.25, 0.3) is 0 Å². The maximum atomic E-state index is 5.50. The molecule has 0 radical (unpaired) electrons. The minimum atomic E-state index is 0.854. The normalized spacial score (nSPS) is 22.5. The Morgan fingerprint density at radius 3 is 2.38 bits per heavy atom. The van der Waals surface area contributed by atoms with Crippen LogP contribution in [-0.2, 0) is 6.54 Å². The first-order chi connectivity index (χ1) is 10.2. The van der Waals surface area contributed by atoms with E-state index in [4.69, 9.17) is 4.74 Å². The van der Waals surface area contributed by atoms with Crippen LogP contribution in [0.15, 0.2) is 22.7 Å². The first kappa shape index (κ1) is 16.8. The van der Waals surface area contributed by atoms with Crippen molar-refractivity contribution in [3.63, 3.8) is 0 Å². The van der Waals surface area contributed by atoms with Crippen LogP contribution in [0.4, 0.5) is 0 Å². The minimum Gasteiger partial charge on any atom is -0.496 e. The van der Waals surface area contributed by atoms with Crippen LogP contribution in [0, 0.1) is 0 Å². The molecule has 0 bridgehead atoms. The summed E-state index contributed by atoms with van der Waals surface area (Å²) in [6.45, 7) is 10.9. The molecule has 1 aromatic carbocycles. The molecule has 0 amide bonds. The predicted octanol–water partition coefficient (Wildman–Crippen LogP) is 0.930. The van der Waals surface area contributed by atoms with E-state index in [1.807, 2.05) is 11.0 Å².